The van der Waals surface area contributed by atoms with Gasteiger partial charge in [0.1, 0.15) is 35.8 Å². The van der Waals surface area contributed by atoms with Crippen LogP contribution in [0.15, 0.2) is 47.2 Å². The molecule has 0 amide bonds. The Morgan fingerprint density at radius 2 is 1.85 bits per heavy atom. The first-order chi connectivity index (χ1) is 15.8. The predicted octanol–water partition coefficient (Wildman–Crippen LogP) is 6.06. The Balaban J connectivity index is 0.00000187. The summed E-state index contributed by atoms with van der Waals surface area (Å²) in [5, 5.41) is -0.209. The van der Waals surface area contributed by atoms with Crippen LogP contribution in [0.2, 0.25) is 5.15 Å². The smallest absolute Gasteiger partial charge is 0.338 e. The summed E-state index contributed by atoms with van der Waals surface area (Å²) in [5.41, 5.74) is 0.257. The van der Waals surface area contributed by atoms with Crippen LogP contribution in [0.3, 0.4) is 0 Å². The quantitative estimate of drug-likeness (QED) is 0.382. The number of nitrogens with one attached hydrogen (secondary N) is 1. The number of pyridine rings is 1. The summed E-state index contributed by atoms with van der Waals surface area (Å²) in [7, 11) is -2.10. The lowest BCUT2D eigenvalue weighted by Gasteiger charge is -2.16. The number of carbonyl (C=O) groups is 1. The molecule has 3 rings (SSSR count). The molecule has 2 aromatic rings. The van der Waals surface area contributed by atoms with Crippen molar-refractivity contribution < 1.29 is 27.3 Å². The van der Waals surface area contributed by atoms with Crippen molar-refractivity contribution in [3.8, 4) is 0 Å². The number of carbonyl (C=O) groups excluding carboxylic acids is 1. The third-order valence-corrected chi connectivity index (χ3v) is 5.44. The number of ether oxygens (including phenoxy) is 2. The Morgan fingerprint density at radius 3 is 2.52 bits per heavy atom. The fraction of sp³-hybridized carbons (Fsp3) is 0.304. The molecule has 1 N–H and O–H groups in total. The van der Waals surface area contributed by atoms with Crippen LogP contribution >= 0.6 is 11.6 Å². The molecule has 6 nitrogen and oxygen atoms in total. The molecule has 1 aromatic heterocycles. The zero-order chi connectivity index (χ0) is 24.5. The number of hydrogen-bond donors (Lipinski definition) is 1. The van der Waals surface area contributed by atoms with E-state index in [2.05, 4.69) is 9.71 Å². The summed E-state index contributed by atoms with van der Waals surface area (Å²) in [4.78, 5) is 16.2. The number of cyclic esters (lactones) is 1. The molecular formula is C23H25ClF2N2O4S. The average Bonchev–Trinajstić information content (AvgIpc) is 2.80. The molecule has 1 aliphatic rings. The van der Waals surface area contributed by atoms with Gasteiger partial charge >= 0.3 is 5.97 Å². The third kappa shape index (κ3) is 6.61. The van der Waals surface area contributed by atoms with Gasteiger partial charge < -0.3 is 9.47 Å². The lowest BCUT2D eigenvalue weighted by molar-refractivity contribution is 0.0408. The maximum Gasteiger partial charge on any atom is 0.338 e. The number of rotatable bonds is 1. The largest absolute Gasteiger partial charge is 0.490 e. The monoisotopic (exact) mass is 498 g/mol. The first-order valence-electron chi connectivity index (χ1n) is 10.4. The highest BCUT2D eigenvalue weighted by atomic mass is 35.5. The lowest BCUT2D eigenvalue weighted by atomic mass is 10.0. The van der Waals surface area contributed by atoms with Crippen LogP contribution in [0.4, 0.5) is 14.5 Å². The van der Waals surface area contributed by atoms with Gasteiger partial charge in [0.05, 0.1) is 11.3 Å². The van der Waals surface area contributed by atoms with E-state index in [0.717, 1.165) is 0 Å². The molecule has 33 heavy (non-hydrogen) atoms. The van der Waals surface area contributed by atoms with E-state index in [0.29, 0.717) is 23.8 Å². The Hall–Kier alpha value is -2.78. The highest BCUT2D eigenvalue weighted by molar-refractivity contribution is 7.86. The van der Waals surface area contributed by atoms with Crippen molar-refractivity contribution in [1.82, 2.24) is 4.98 Å². The molecule has 0 aliphatic carbocycles. The summed E-state index contributed by atoms with van der Waals surface area (Å²) in [6.45, 7) is 7.46. The number of halogens is 3. The molecule has 2 heterocycles. The van der Waals surface area contributed by atoms with Gasteiger partial charge in [-0.15, -0.1) is 0 Å². The van der Waals surface area contributed by atoms with Crippen molar-refractivity contribution in [2.45, 2.75) is 39.1 Å². The van der Waals surface area contributed by atoms with Gasteiger partial charge in [-0.3, -0.25) is 4.72 Å². The number of esters is 1. The Bertz CT molecular complexity index is 1110. The first-order valence-corrected chi connectivity index (χ1v) is 11.9. The highest BCUT2D eigenvalue weighted by Gasteiger charge is 2.21. The minimum Gasteiger partial charge on any atom is -0.490 e. The molecule has 178 valence electrons. The van der Waals surface area contributed by atoms with Crippen molar-refractivity contribution in [3.05, 3.63) is 70.1 Å². The van der Waals surface area contributed by atoms with Gasteiger partial charge in [-0.1, -0.05) is 38.4 Å². The van der Waals surface area contributed by atoms with Gasteiger partial charge in [0, 0.05) is 17.2 Å². The lowest BCUT2D eigenvalue weighted by Crippen LogP contribution is -2.13. The zero-order valence-corrected chi connectivity index (χ0v) is 20.3. The molecule has 10 heteroatoms. The SMILES string of the molecule is C/C=C1/OCCOC(=O)c2cc(Cl)nc(c2)S(=O)Nc2cc(c(F)cc2F)/C1=C/CC.CC. The van der Waals surface area contributed by atoms with Crippen molar-refractivity contribution in [2.75, 3.05) is 17.9 Å². The molecule has 0 saturated heterocycles. The van der Waals surface area contributed by atoms with Crippen LogP contribution in [-0.2, 0) is 20.5 Å². The van der Waals surface area contributed by atoms with Gasteiger partial charge in [0.15, 0.2) is 16.0 Å². The fourth-order valence-corrected chi connectivity index (χ4v) is 4.04. The number of hydrogen-bond acceptors (Lipinski definition) is 5. The van der Waals surface area contributed by atoms with Crippen LogP contribution in [-0.4, -0.2) is 28.4 Å². The fourth-order valence-electron chi connectivity index (χ4n) is 2.90. The second-order valence-corrected chi connectivity index (χ2v) is 7.91. The minimum atomic E-state index is -2.10. The summed E-state index contributed by atoms with van der Waals surface area (Å²) in [6, 6.07) is 4.40. The molecule has 1 unspecified atom stereocenters. The van der Waals surface area contributed by atoms with E-state index in [1.807, 2.05) is 20.8 Å². The van der Waals surface area contributed by atoms with Crippen LogP contribution in [0.25, 0.3) is 5.57 Å². The summed E-state index contributed by atoms with van der Waals surface area (Å²) >= 11 is 5.94. The Kier molecular flexibility index (Phi) is 9.99. The van der Waals surface area contributed by atoms with Crippen LogP contribution in [0.1, 0.15) is 50.0 Å². The van der Waals surface area contributed by atoms with E-state index in [1.54, 1.807) is 19.1 Å². The Labute approximate surface area is 199 Å². The van der Waals surface area contributed by atoms with Gasteiger partial charge in [-0.05, 0) is 37.6 Å². The van der Waals surface area contributed by atoms with Crippen molar-refractivity contribution in [1.29, 1.82) is 0 Å². The average molecular weight is 499 g/mol. The van der Waals surface area contributed by atoms with E-state index in [1.165, 1.54) is 18.2 Å². The van der Waals surface area contributed by atoms with Gasteiger partial charge in [0.25, 0.3) is 0 Å². The number of allylic oxidation sites excluding steroid dienone is 3. The number of fused-ring (bicyclic) bond motifs is 4. The number of aromatic nitrogens is 1. The molecule has 0 saturated carbocycles. The van der Waals surface area contributed by atoms with Gasteiger partial charge in [-0.25, -0.2) is 22.8 Å². The molecule has 1 aromatic carbocycles. The molecule has 1 atom stereocenters. The summed E-state index contributed by atoms with van der Waals surface area (Å²) < 4.78 is 55.3. The third-order valence-electron chi connectivity index (χ3n) is 4.26. The molecule has 0 spiro atoms. The molecule has 0 fully saturated rings. The standard InChI is InChI=1S/C21H19ClF2N2O4S.C2H6/c1-3-5-13-14-10-17(16(24)11-15(14)23)26-31(28)20-9-12(8-19(22)25-20)21(27)30-7-6-29-18(13)4-2;1-2/h4-5,8-11,26H,3,6-7H2,1-2H3;1-2H3/b13-5-,18-4+;. The van der Waals surface area contributed by atoms with Crippen molar-refractivity contribution in [2.24, 2.45) is 0 Å². The van der Waals surface area contributed by atoms with E-state index in [9.17, 15) is 17.8 Å². The van der Waals surface area contributed by atoms with Crippen LogP contribution in [0, 0.1) is 11.6 Å². The van der Waals surface area contributed by atoms with Crippen molar-refractivity contribution >= 4 is 39.8 Å². The van der Waals surface area contributed by atoms with E-state index in [-0.39, 0.29) is 40.2 Å². The second kappa shape index (κ2) is 12.5. The number of benzene rings is 1. The maximum atomic E-state index is 14.7. The Morgan fingerprint density at radius 1 is 1.15 bits per heavy atom. The first kappa shape index (κ1) is 26.5. The minimum absolute atomic E-state index is 0.00199. The normalized spacial score (nSPS) is 18.8. The van der Waals surface area contributed by atoms with Gasteiger partial charge in [-0.2, -0.15) is 0 Å². The number of anilines is 1. The molecular weight excluding hydrogens is 474 g/mol. The molecule has 4 bridgehead atoms. The van der Waals surface area contributed by atoms with E-state index >= 15 is 0 Å². The maximum absolute atomic E-state index is 14.7. The van der Waals surface area contributed by atoms with Crippen molar-refractivity contribution in [3.63, 3.8) is 0 Å². The van der Waals surface area contributed by atoms with Crippen LogP contribution < -0.4 is 4.72 Å². The van der Waals surface area contributed by atoms with Gasteiger partial charge in [0.2, 0.25) is 0 Å². The number of nitrogens with zero attached hydrogens (tertiary/aromatic N) is 1. The molecule has 1 aliphatic heterocycles. The van der Waals surface area contributed by atoms with Crippen LogP contribution in [0.5, 0.6) is 0 Å². The summed E-state index contributed by atoms with van der Waals surface area (Å²) in [5.74, 6) is -2.14. The highest BCUT2D eigenvalue weighted by Crippen LogP contribution is 2.31. The zero-order valence-electron chi connectivity index (χ0n) is 18.7. The molecule has 0 radical (unpaired) electrons. The second-order valence-electron chi connectivity index (χ2n) is 6.36. The van der Waals surface area contributed by atoms with E-state index < -0.39 is 28.6 Å². The summed E-state index contributed by atoms with van der Waals surface area (Å²) in [6.07, 6.45) is 3.90. The topological polar surface area (TPSA) is 77.5 Å². The predicted molar refractivity (Wildman–Crippen MR) is 125 cm³/mol. The van der Waals surface area contributed by atoms with E-state index in [4.69, 9.17) is 21.1 Å².